The first-order valence-electron chi connectivity index (χ1n) is 9.67. The van der Waals surface area contributed by atoms with Crippen molar-refractivity contribution in [2.45, 2.75) is 45.1 Å². The molecule has 7 heteroatoms. The summed E-state index contributed by atoms with van der Waals surface area (Å²) >= 11 is 0. The first-order chi connectivity index (χ1) is 13.7. The number of aryl methyl sites for hydroxylation is 1. The first kappa shape index (κ1) is 19.8. The number of furan rings is 1. The third-order valence-corrected chi connectivity index (χ3v) is 4.66. The summed E-state index contributed by atoms with van der Waals surface area (Å²) in [6, 6.07) is 6.95. The van der Waals surface area contributed by atoms with Crippen LogP contribution in [0.15, 0.2) is 52.1 Å². The summed E-state index contributed by atoms with van der Waals surface area (Å²) in [7, 11) is 0. The Labute approximate surface area is 163 Å². The molecule has 3 aromatic rings. The number of aliphatic hydroxyl groups is 1. The fourth-order valence-electron chi connectivity index (χ4n) is 3.17. The van der Waals surface area contributed by atoms with Gasteiger partial charge in [0.1, 0.15) is 5.69 Å². The standard InChI is InChI=1S/C21H26N4O3/c22-21-23-14-17(20(24-21)18-8-7-13-28-18)16-9-10-19(27)25(15-16)11-5-3-1-2-4-6-12-26/h7-10,13-15,26H,1-6,11-12H2,(H2,22,23,24). The van der Waals surface area contributed by atoms with Crippen LogP contribution in [0, 0.1) is 0 Å². The zero-order valence-corrected chi connectivity index (χ0v) is 15.9. The number of unbranched alkanes of at least 4 members (excludes halogenated alkanes) is 5. The highest BCUT2D eigenvalue weighted by atomic mass is 16.3. The number of pyridine rings is 1. The summed E-state index contributed by atoms with van der Waals surface area (Å²) in [6.45, 7) is 0.926. The molecular weight excluding hydrogens is 356 g/mol. The molecule has 0 saturated carbocycles. The van der Waals surface area contributed by atoms with E-state index in [-0.39, 0.29) is 18.1 Å². The lowest BCUT2D eigenvalue weighted by Gasteiger charge is -2.11. The number of nitrogens with zero attached hydrogens (tertiary/aromatic N) is 3. The predicted octanol–water partition coefficient (Wildman–Crippen LogP) is 3.48. The Morgan fingerprint density at radius 1 is 1.07 bits per heavy atom. The second kappa shape index (κ2) is 9.85. The maximum atomic E-state index is 12.2. The quantitative estimate of drug-likeness (QED) is 0.520. The molecule has 0 aliphatic heterocycles. The molecule has 28 heavy (non-hydrogen) atoms. The summed E-state index contributed by atoms with van der Waals surface area (Å²) < 4.78 is 7.21. The lowest BCUT2D eigenvalue weighted by atomic mass is 10.1. The summed E-state index contributed by atoms with van der Waals surface area (Å²) in [5, 5.41) is 8.80. The van der Waals surface area contributed by atoms with Crippen LogP contribution in [-0.4, -0.2) is 26.2 Å². The molecule has 3 N–H and O–H groups in total. The number of anilines is 1. The van der Waals surface area contributed by atoms with E-state index in [1.54, 1.807) is 35.2 Å². The number of rotatable bonds is 10. The third-order valence-electron chi connectivity index (χ3n) is 4.66. The maximum absolute atomic E-state index is 12.2. The zero-order chi connectivity index (χ0) is 19.8. The van der Waals surface area contributed by atoms with Gasteiger partial charge in [-0.15, -0.1) is 0 Å². The molecule has 148 valence electrons. The largest absolute Gasteiger partial charge is 0.463 e. The highest BCUT2D eigenvalue weighted by molar-refractivity contribution is 5.78. The maximum Gasteiger partial charge on any atom is 0.250 e. The molecule has 3 aromatic heterocycles. The van der Waals surface area contributed by atoms with Crippen LogP contribution in [0.25, 0.3) is 22.6 Å². The van der Waals surface area contributed by atoms with Crippen LogP contribution >= 0.6 is 0 Å². The number of nitrogen functional groups attached to an aromatic ring is 1. The Balaban J connectivity index is 1.74. The molecular formula is C21H26N4O3. The molecule has 3 rings (SSSR count). The van der Waals surface area contributed by atoms with Gasteiger partial charge in [-0.1, -0.05) is 25.7 Å². The van der Waals surface area contributed by atoms with Crippen molar-refractivity contribution in [3.8, 4) is 22.6 Å². The van der Waals surface area contributed by atoms with Crippen molar-refractivity contribution in [2.75, 3.05) is 12.3 Å². The van der Waals surface area contributed by atoms with E-state index in [1.807, 2.05) is 12.3 Å². The summed E-state index contributed by atoms with van der Waals surface area (Å²) in [6.07, 6.45) is 11.2. The molecule has 0 unspecified atom stereocenters. The van der Waals surface area contributed by atoms with Crippen LogP contribution in [0.5, 0.6) is 0 Å². The van der Waals surface area contributed by atoms with Gasteiger partial charge in [-0.25, -0.2) is 9.97 Å². The van der Waals surface area contributed by atoms with Crippen LogP contribution < -0.4 is 11.3 Å². The predicted molar refractivity (Wildman–Crippen MR) is 109 cm³/mol. The van der Waals surface area contributed by atoms with E-state index >= 15 is 0 Å². The van der Waals surface area contributed by atoms with Gasteiger partial charge >= 0.3 is 0 Å². The Hall–Kier alpha value is -2.93. The molecule has 0 aliphatic carbocycles. The van der Waals surface area contributed by atoms with Gasteiger partial charge in [0.15, 0.2) is 5.76 Å². The molecule has 0 spiro atoms. The molecule has 7 nitrogen and oxygen atoms in total. The molecule has 0 amide bonds. The van der Waals surface area contributed by atoms with Gasteiger partial charge in [-0.05, 0) is 31.0 Å². The van der Waals surface area contributed by atoms with Crippen LogP contribution in [-0.2, 0) is 6.54 Å². The van der Waals surface area contributed by atoms with Gasteiger partial charge in [0.05, 0.1) is 6.26 Å². The number of hydrogen-bond acceptors (Lipinski definition) is 6. The lowest BCUT2D eigenvalue weighted by Crippen LogP contribution is -2.18. The molecule has 0 radical (unpaired) electrons. The summed E-state index contributed by atoms with van der Waals surface area (Å²) in [5.74, 6) is 0.773. The smallest absolute Gasteiger partial charge is 0.250 e. The van der Waals surface area contributed by atoms with Gasteiger partial charge < -0.3 is 19.8 Å². The normalized spacial score (nSPS) is 11.0. The van der Waals surface area contributed by atoms with Gasteiger partial charge in [0.25, 0.3) is 5.56 Å². The molecule has 0 aliphatic rings. The van der Waals surface area contributed by atoms with Crippen LogP contribution in [0.3, 0.4) is 0 Å². The first-order valence-corrected chi connectivity index (χ1v) is 9.67. The van der Waals surface area contributed by atoms with Crippen molar-refractivity contribution in [1.82, 2.24) is 14.5 Å². The monoisotopic (exact) mass is 382 g/mol. The number of nitrogens with two attached hydrogens (primary N) is 1. The second-order valence-corrected chi connectivity index (χ2v) is 6.76. The Morgan fingerprint density at radius 2 is 1.86 bits per heavy atom. The average molecular weight is 382 g/mol. The summed E-state index contributed by atoms with van der Waals surface area (Å²) in [4.78, 5) is 20.7. The van der Waals surface area contributed by atoms with Crippen molar-refractivity contribution in [1.29, 1.82) is 0 Å². The van der Waals surface area contributed by atoms with Crippen molar-refractivity contribution < 1.29 is 9.52 Å². The van der Waals surface area contributed by atoms with Crippen molar-refractivity contribution in [3.63, 3.8) is 0 Å². The number of aromatic nitrogens is 3. The van der Waals surface area contributed by atoms with E-state index in [0.29, 0.717) is 18.0 Å². The highest BCUT2D eigenvalue weighted by Gasteiger charge is 2.14. The van der Waals surface area contributed by atoms with Crippen LogP contribution in [0.2, 0.25) is 0 Å². The van der Waals surface area contributed by atoms with E-state index in [4.69, 9.17) is 15.3 Å². The third kappa shape index (κ3) is 5.07. The number of aliphatic hydroxyl groups excluding tert-OH is 1. The zero-order valence-electron chi connectivity index (χ0n) is 15.9. The van der Waals surface area contributed by atoms with Gasteiger partial charge in [0.2, 0.25) is 5.95 Å². The van der Waals surface area contributed by atoms with Crippen molar-refractivity contribution in [3.05, 3.63) is 53.3 Å². The molecule has 0 bridgehead atoms. The fraction of sp³-hybridized carbons (Fsp3) is 0.381. The average Bonchev–Trinajstić information content (AvgIpc) is 3.23. The van der Waals surface area contributed by atoms with E-state index in [0.717, 1.165) is 49.7 Å². The van der Waals surface area contributed by atoms with E-state index in [9.17, 15) is 4.79 Å². The minimum absolute atomic E-state index is 0.0278. The fourth-order valence-corrected chi connectivity index (χ4v) is 3.17. The van der Waals surface area contributed by atoms with Gasteiger partial charge in [0, 0.05) is 42.7 Å². The Kier molecular flexibility index (Phi) is 6.97. The van der Waals surface area contributed by atoms with Gasteiger partial charge in [-0.3, -0.25) is 4.79 Å². The second-order valence-electron chi connectivity index (χ2n) is 6.76. The van der Waals surface area contributed by atoms with Gasteiger partial charge in [-0.2, -0.15) is 0 Å². The van der Waals surface area contributed by atoms with Crippen LogP contribution in [0.4, 0.5) is 5.95 Å². The number of hydrogen-bond donors (Lipinski definition) is 2. The Morgan fingerprint density at radius 3 is 2.61 bits per heavy atom. The highest BCUT2D eigenvalue weighted by Crippen LogP contribution is 2.30. The minimum atomic E-state index is -0.0278. The van der Waals surface area contributed by atoms with Crippen molar-refractivity contribution >= 4 is 5.95 Å². The SMILES string of the molecule is Nc1ncc(-c2ccc(=O)n(CCCCCCCCO)c2)c(-c2ccco2)n1. The molecule has 0 aromatic carbocycles. The molecule has 3 heterocycles. The van der Waals surface area contributed by atoms with Crippen LogP contribution in [0.1, 0.15) is 38.5 Å². The summed E-state index contributed by atoms with van der Waals surface area (Å²) in [5.41, 5.74) is 7.94. The molecule has 0 atom stereocenters. The van der Waals surface area contributed by atoms with Crippen molar-refractivity contribution in [2.24, 2.45) is 0 Å². The Bertz CT molecular complexity index is 935. The lowest BCUT2D eigenvalue weighted by molar-refractivity contribution is 0.282. The minimum Gasteiger partial charge on any atom is -0.463 e. The van der Waals surface area contributed by atoms with E-state index in [2.05, 4.69) is 9.97 Å². The topological polar surface area (TPSA) is 107 Å². The van der Waals surface area contributed by atoms with E-state index < -0.39 is 0 Å². The van der Waals surface area contributed by atoms with E-state index in [1.165, 1.54) is 0 Å². The molecule has 0 saturated heterocycles. The molecule has 0 fully saturated rings.